The molecular weight excluding hydrogens is 244 g/mol. The molecule has 7 heteroatoms. The first-order chi connectivity index (χ1) is 7.96. The summed E-state index contributed by atoms with van der Waals surface area (Å²) in [5.41, 5.74) is 0.315. The lowest BCUT2D eigenvalue weighted by atomic mass is 10.1. The first-order valence-electron chi connectivity index (χ1n) is 4.47. The Morgan fingerprint density at radius 3 is 2.35 bits per heavy atom. The van der Waals surface area contributed by atoms with Gasteiger partial charge in [0.1, 0.15) is 11.8 Å². The van der Waals surface area contributed by atoms with Gasteiger partial charge in [-0.2, -0.15) is 13.7 Å². The van der Waals surface area contributed by atoms with E-state index in [0.717, 1.165) is 6.26 Å². The Balaban J connectivity index is 2.98. The van der Waals surface area contributed by atoms with Crippen molar-refractivity contribution in [3.05, 3.63) is 29.8 Å². The number of rotatable bonds is 4. The zero-order valence-corrected chi connectivity index (χ0v) is 10.1. The van der Waals surface area contributed by atoms with E-state index in [0.29, 0.717) is 11.3 Å². The fourth-order valence-electron chi connectivity index (χ4n) is 0.992. The molecule has 0 fully saturated rings. The van der Waals surface area contributed by atoms with E-state index in [1.54, 1.807) is 30.3 Å². The second-order valence-electron chi connectivity index (χ2n) is 3.06. The first-order valence-corrected chi connectivity index (χ1v) is 6.29. The third kappa shape index (κ3) is 4.12. The molecule has 1 aromatic rings. The average molecular weight is 254 g/mol. The maximum absolute atomic E-state index is 10.7. The second kappa shape index (κ2) is 5.32. The van der Waals surface area contributed by atoms with Crippen LogP contribution in [0.15, 0.2) is 29.4 Å². The van der Waals surface area contributed by atoms with Crippen molar-refractivity contribution in [2.75, 3.05) is 13.4 Å². The van der Waals surface area contributed by atoms with Crippen LogP contribution in [-0.4, -0.2) is 27.5 Å². The SMILES string of the molecule is COc1ccc(C(C#N)=NOS(C)(=O)=O)cc1. The molecule has 0 heterocycles. The summed E-state index contributed by atoms with van der Waals surface area (Å²) in [4.78, 5) is 0. The van der Waals surface area contributed by atoms with Gasteiger partial charge in [0.15, 0.2) is 5.71 Å². The summed E-state index contributed by atoms with van der Waals surface area (Å²) in [6.07, 6.45) is 0.847. The maximum Gasteiger partial charge on any atom is 0.325 e. The third-order valence-electron chi connectivity index (χ3n) is 1.73. The Hall–Kier alpha value is -2.07. The smallest absolute Gasteiger partial charge is 0.325 e. The van der Waals surface area contributed by atoms with Gasteiger partial charge in [-0.3, -0.25) is 4.28 Å². The number of oxime groups is 1. The molecule has 0 atom stereocenters. The molecule has 0 saturated heterocycles. The Labute approximate surface area is 99.2 Å². The fraction of sp³-hybridized carbons (Fsp3) is 0.200. The van der Waals surface area contributed by atoms with Gasteiger partial charge in [0.2, 0.25) is 0 Å². The van der Waals surface area contributed by atoms with Crippen molar-refractivity contribution in [1.82, 2.24) is 0 Å². The number of ether oxygens (including phenoxy) is 1. The molecule has 0 aliphatic carbocycles. The zero-order chi connectivity index (χ0) is 12.9. The summed E-state index contributed by atoms with van der Waals surface area (Å²) < 4.78 is 30.6. The van der Waals surface area contributed by atoms with Crippen LogP contribution in [0.4, 0.5) is 0 Å². The Bertz CT molecular complexity index is 555. The molecule has 0 spiro atoms. The van der Waals surface area contributed by atoms with Gasteiger partial charge >= 0.3 is 10.1 Å². The Morgan fingerprint density at radius 2 is 1.94 bits per heavy atom. The lowest BCUT2D eigenvalue weighted by Crippen LogP contribution is -2.03. The molecule has 0 unspecified atom stereocenters. The van der Waals surface area contributed by atoms with Gasteiger partial charge in [-0.05, 0) is 24.3 Å². The quantitative estimate of drug-likeness (QED) is 0.588. The number of hydrogen-bond donors (Lipinski definition) is 0. The predicted molar refractivity (Wildman–Crippen MR) is 61.1 cm³/mol. The van der Waals surface area contributed by atoms with Crippen molar-refractivity contribution in [1.29, 1.82) is 5.26 Å². The van der Waals surface area contributed by atoms with E-state index in [-0.39, 0.29) is 5.71 Å². The van der Waals surface area contributed by atoms with Crippen molar-refractivity contribution in [3.63, 3.8) is 0 Å². The molecule has 0 N–H and O–H groups in total. The van der Waals surface area contributed by atoms with E-state index in [4.69, 9.17) is 10.00 Å². The van der Waals surface area contributed by atoms with Crippen LogP contribution in [0.5, 0.6) is 5.75 Å². The standard InChI is InChI=1S/C10H10N2O4S/c1-15-9-5-3-8(4-6-9)10(7-11)12-16-17(2,13)14/h3-6H,1-2H3. The van der Waals surface area contributed by atoms with Crippen LogP contribution in [-0.2, 0) is 14.4 Å². The molecule has 0 aliphatic heterocycles. The van der Waals surface area contributed by atoms with E-state index in [1.807, 2.05) is 0 Å². The van der Waals surface area contributed by atoms with Gasteiger partial charge < -0.3 is 4.74 Å². The van der Waals surface area contributed by atoms with E-state index in [1.165, 1.54) is 7.11 Å². The molecule has 1 rings (SSSR count). The van der Waals surface area contributed by atoms with Crippen LogP contribution in [0, 0.1) is 11.3 Å². The van der Waals surface area contributed by atoms with E-state index >= 15 is 0 Å². The highest BCUT2D eigenvalue weighted by Gasteiger charge is 2.06. The van der Waals surface area contributed by atoms with Crippen molar-refractivity contribution >= 4 is 15.8 Å². The van der Waals surface area contributed by atoms with Gasteiger partial charge in [0.05, 0.1) is 13.4 Å². The minimum absolute atomic E-state index is 0.127. The molecule has 1 aromatic carbocycles. The first kappa shape index (κ1) is 13.0. The second-order valence-corrected chi connectivity index (χ2v) is 4.62. The van der Waals surface area contributed by atoms with Crippen molar-refractivity contribution in [2.24, 2.45) is 5.16 Å². The lowest BCUT2D eigenvalue weighted by Gasteiger charge is -2.01. The molecular formula is C10H10N2O4S. The predicted octanol–water partition coefficient (Wildman–Crippen LogP) is 0.899. The molecule has 90 valence electrons. The van der Waals surface area contributed by atoms with Crippen LogP contribution in [0.1, 0.15) is 5.56 Å². The molecule has 17 heavy (non-hydrogen) atoms. The summed E-state index contributed by atoms with van der Waals surface area (Å²) in [5, 5.41) is 12.1. The minimum Gasteiger partial charge on any atom is -0.497 e. The maximum atomic E-state index is 10.7. The van der Waals surface area contributed by atoms with Crippen LogP contribution in [0.25, 0.3) is 0 Å². The Kier molecular flexibility index (Phi) is 4.06. The van der Waals surface area contributed by atoms with Crippen LogP contribution in [0.3, 0.4) is 0 Å². The van der Waals surface area contributed by atoms with Gasteiger partial charge in [0, 0.05) is 5.56 Å². The number of nitriles is 1. The van der Waals surface area contributed by atoms with Gasteiger partial charge in [-0.15, -0.1) is 0 Å². The highest BCUT2D eigenvalue weighted by Crippen LogP contribution is 2.12. The number of nitrogens with zero attached hydrogens (tertiary/aromatic N) is 2. The van der Waals surface area contributed by atoms with Gasteiger partial charge in [0.25, 0.3) is 0 Å². The van der Waals surface area contributed by atoms with Gasteiger partial charge in [-0.25, -0.2) is 0 Å². The molecule has 0 aliphatic rings. The van der Waals surface area contributed by atoms with Crippen LogP contribution < -0.4 is 4.74 Å². The highest BCUT2D eigenvalue weighted by molar-refractivity contribution is 7.85. The molecule has 0 saturated carbocycles. The van der Waals surface area contributed by atoms with E-state index in [2.05, 4.69) is 9.44 Å². The number of methoxy groups -OCH3 is 1. The molecule has 0 radical (unpaired) electrons. The average Bonchev–Trinajstić information content (AvgIpc) is 2.29. The summed E-state index contributed by atoms with van der Waals surface area (Å²) in [6, 6.07) is 8.16. The van der Waals surface area contributed by atoms with E-state index < -0.39 is 10.1 Å². The minimum atomic E-state index is -3.71. The van der Waals surface area contributed by atoms with Crippen molar-refractivity contribution < 1.29 is 17.4 Å². The molecule has 0 aromatic heterocycles. The summed E-state index contributed by atoms with van der Waals surface area (Å²) in [5.74, 6) is 0.620. The van der Waals surface area contributed by atoms with Crippen LogP contribution in [0.2, 0.25) is 0 Å². The van der Waals surface area contributed by atoms with Crippen molar-refractivity contribution in [2.45, 2.75) is 0 Å². The van der Waals surface area contributed by atoms with E-state index in [9.17, 15) is 8.42 Å². The topological polar surface area (TPSA) is 88.8 Å². The monoisotopic (exact) mass is 254 g/mol. The summed E-state index contributed by atoms with van der Waals surface area (Å²) in [6.45, 7) is 0. The zero-order valence-electron chi connectivity index (χ0n) is 9.25. The largest absolute Gasteiger partial charge is 0.497 e. The highest BCUT2D eigenvalue weighted by atomic mass is 32.2. The fourth-order valence-corrected chi connectivity index (χ4v) is 1.20. The molecule has 0 amide bonds. The summed E-state index contributed by atoms with van der Waals surface area (Å²) >= 11 is 0. The molecule has 0 bridgehead atoms. The number of benzene rings is 1. The lowest BCUT2D eigenvalue weighted by molar-refractivity contribution is 0.344. The summed E-state index contributed by atoms with van der Waals surface area (Å²) in [7, 11) is -2.20. The molecule has 6 nitrogen and oxygen atoms in total. The number of hydrogen-bond acceptors (Lipinski definition) is 6. The third-order valence-corrected chi connectivity index (χ3v) is 2.08. The van der Waals surface area contributed by atoms with Crippen molar-refractivity contribution in [3.8, 4) is 11.8 Å². The normalized spacial score (nSPS) is 11.7. The van der Waals surface area contributed by atoms with Crippen LogP contribution >= 0.6 is 0 Å². The Morgan fingerprint density at radius 1 is 1.35 bits per heavy atom. The van der Waals surface area contributed by atoms with Gasteiger partial charge in [-0.1, -0.05) is 5.16 Å².